The van der Waals surface area contributed by atoms with E-state index in [1.165, 1.54) is 6.42 Å². The number of hydrogen-bond donors (Lipinski definition) is 1. The number of benzene rings is 1. The first-order valence-electron chi connectivity index (χ1n) is 6.28. The van der Waals surface area contributed by atoms with E-state index < -0.39 is 0 Å². The Morgan fingerprint density at radius 3 is 2.67 bits per heavy atom. The highest BCUT2D eigenvalue weighted by atomic mass is 127. The minimum atomic E-state index is -0.233. The molecule has 1 fully saturated rings. The van der Waals surface area contributed by atoms with Crippen LogP contribution in [0.2, 0.25) is 5.02 Å². The number of halogens is 2. The van der Waals surface area contributed by atoms with Crippen LogP contribution in [0.15, 0.2) is 18.2 Å². The van der Waals surface area contributed by atoms with Crippen molar-refractivity contribution in [3.8, 4) is 0 Å². The fourth-order valence-corrected chi connectivity index (χ4v) is 3.08. The van der Waals surface area contributed by atoms with Gasteiger partial charge in [-0.1, -0.05) is 37.8 Å². The maximum absolute atomic E-state index is 12.4. The average Bonchev–Trinajstić information content (AvgIpc) is 2.35. The Bertz CT molecular complexity index is 455. The first kappa shape index (κ1) is 14.1. The summed E-state index contributed by atoms with van der Waals surface area (Å²) < 4.78 is 1.07. The molecule has 2 rings (SSSR count). The normalized spacial score (nSPS) is 18.4. The molecule has 0 radical (unpaired) electrons. The van der Waals surface area contributed by atoms with Gasteiger partial charge in [-0.15, -0.1) is 0 Å². The molecule has 1 N–H and O–H groups in total. The molecule has 0 bridgehead atoms. The molecular formula is C14H17ClINO. The van der Waals surface area contributed by atoms with Crippen LogP contribution in [-0.4, -0.2) is 5.91 Å². The van der Waals surface area contributed by atoms with Crippen molar-refractivity contribution in [2.75, 3.05) is 5.32 Å². The lowest BCUT2D eigenvalue weighted by molar-refractivity contribution is -0.126. The number of anilines is 1. The predicted octanol–water partition coefficient (Wildman–Crippen LogP) is 4.85. The highest BCUT2D eigenvalue weighted by Crippen LogP contribution is 2.37. The van der Waals surface area contributed by atoms with E-state index in [9.17, 15) is 4.79 Å². The van der Waals surface area contributed by atoms with Gasteiger partial charge in [0.05, 0.1) is 10.7 Å². The van der Waals surface area contributed by atoms with E-state index in [4.69, 9.17) is 11.6 Å². The molecule has 98 valence electrons. The summed E-state index contributed by atoms with van der Waals surface area (Å²) in [6, 6.07) is 5.66. The number of rotatable bonds is 2. The van der Waals surface area contributed by atoms with Crippen molar-refractivity contribution < 1.29 is 4.79 Å². The molecule has 0 heterocycles. The summed E-state index contributed by atoms with van der Waals surface area (Å²) in [7, 11) is 0. The summed E-state index contributed by atoms with van der Waals surface area (Å²) in [4.78, 5) is 12.4. The Kier molecular flexibility index (Phi) is 4.54. The van der Waals surface area contributed by atoms with Crippen molar-refractivity contribution in [2.45, 2.75) is 39.0 Å². The number of amides is 1. The second-order valence-electron chi connectivity index (χ2n) is 5.20. The summed E-state index contributed by atoms with van der Waals surface area (Å²) in [6.45, 7) is 2.06. The van der Waals surface area contributed by atoms with Gasteiger partial charge in [-0.3, -0.25) is 4.79 Å². The molecule has 1 aliphatic rings. The fraction of sp³-hybridized carbons (Fsp3) is 0.500. The topological polar surface area (TPSA) is 29.1 Å². The Morgan fingerprint density at radius 1 is 1.33 bits per heavy atom. The molecule has 0 aromatic heterocycles. The number of hydrogen-bond acceptors (Lipinski definition) is 1. The largest absolute Gasteiger partial charge is 0.324 e. The van der Waals surface area contributed by atoms with Crippen molar-refractivity contribution in [1.82, 2.24) is 0 Å². The number of nitrogens with one attached hydrogen (secondary N) is 1. The van der Waals surface area contributed by atoms with Crippen molar-refractivity contribution in [3.63, 3.8) is 0 Å². The predicted molar refractivity (Wildman–Crippen MR) is 84.0 cm³/mol. The summed E-state index contributed by atoms with van der Waals surface area (Å²) in [6.07, 6.45) is 5.47. The molecule has 18 heavy (non-hydrogen) atoms. The average molecular weight is 378 g/mol. The van der Waals surface area contributed by atoms with Crippen LogP contribution in [0.1, 0.15) is 39.0 Å². The Labute approximate surface area is 127 Å². The Balaban J connectivity index is 2.13. The second kappa shape index (κ2) is 5.78. The first-order valence-corrected chi connectivity index (χ1v) is 7.73. The van der Waals surface area contributed by atoms with E-state index in [-0.39, 0.29) is 11.3 Å². The molecule has 1 aromatic carbocycles. The maximum Gasteiger partial charge on any atom is 0.230 e. The molecule has 0 saturated heterocycles. The van der Waals surface area contributed by atoms with Crippen molar-refractivity contribution in [3.05, 3.63) is 26.8 Å². The van der Waals surface area contributed by atoms with Gasteiger partial charge in [0.25, 0.3) is 0 Å². The van der Waals surface area contributed by atoms with Crippen molar-refractivity contribution >= 4 is 45.8 Å². The fourth-order valence-electron chi connectivity index (χ4n) is 2.43. The van der Waals surface area contributed by atoms with Crippen LogP contribution < -0.4 is 5.32 Å². The number of carbonyl (C=O) groups is 1. The van der Waals surface area contributed by atoms with Crippen LogP contribution in [-0.2, 0) is 4.79 Å². The standard InChI is InChI=1S/C14H17ClINO/c1-14(7-3-2-4-8-14)13(18)17-12-9-10(16)5-6-11(12)15/h5-6,9H,2-4,7-8H2,1H3,(H,17,18). The third-order valence-corrected chi connectivity index (χ3v) is 4.68. The lowest BCUT2D eigenvalue weighted by Gasteiger charge is -2.32. The van der Waals surface area contributed by atoms with Gasteiger partial charge in [0.15, 0.2) is 0 Å². The van der Waals surface area contributed by atoms with Crippen molar-refractivity contribution in [2.24, 2.45) is 5.41 Å². The Morgan fingerprint density at radius 2 is 2.00 bits per heavy atom. The molecule has 0 atom stereocenters. The lowest BCUT2D eigenvalue weighted by atomic mass is 9.75. The van der Waals surface area contributed by atoms with Gasteiger partial charge in [0.2, 0.25) is 5.91 Å². The molecule has 0 unspecified atom stereocenters. The van der Waals surface area contributed by atoms with Gasteiger partial charge >= 0.3 is 0 Å². The van der Waals surface area contributed by atoms with E-state index in [2.05, 4.69) is 34.8 Å². The molecule has 4 heteroatoms. The molecule has 0 aliphatic heterocycles. The molecule has 1 saturated carbocycles. The molecule has 1 aliphatic carbocycles. The van der Waals surface area contributed by atoms with Gasteiger partial charge < -0.3 is 5.32 Å². The minimum absolute atomic E-state index is 0.103. The quantitative estimate of drug-likeness (QED) is 0.733. The van der Waals surface area contributed by atoms with E-state index in [1.54, 1.807) is 0 Å². The molecule has 1 aromatic rings. The van der Waals surface area contributed by atoms with Gasteiger partial charge in [0, 0.05) is 8.99 Å². The summed E-state index contributed by atoms with van der Waals surface area (Å²) >= 11 is 8.32. The summed E-state index contributed by atoms with van der Waals surface area (Å²) in [5, 5.41) is 3.59. The molecule has 1 amide bonds. The van der Waals surface area contributed by atoms with Crippen LogP contribution in [0.5, 0.6) is 0 Å². The monoisotopic (exact) mass is 377 g/mol. The zero-order valence-corrected chi connectivity index (χ0v) is 13.3. The SMILES string of the molecule is CC1(C(=O)Nc2cc(I)ccc2Cl)CCCCC1. The van der Waals surface area contributed by atoms with E-state index in [0.29, 0.717) is 5.02 Å². The van der Waals surface area contributed by atoms with E-state index >= 15 is 0 Å². The van der Waals surface area contributed by atoms with Crippen LogP contribution >= 0.6 is 34.2 Å². The van der Waals surface area contributed by atoms with Crippen molar-refractivity contribution in [1.29, 1.82) is 0 Å². The van der Waals surface area contributed by atoms with Gasteiger partial charge in [-0.2, -0.15) is 0 Å². The molecular weight excluding hydrogens is 361 g/mol. The van der Waals surface area contributed by atoms with Crippen LogP contribution in [0.4, 0.5) is 5.69 Å². The zero-order valence-electron chi connectivity index (χ0n) is 10.4. The second-order valence-corrected chi connectivity index (χ2v) is 6.85. The molecule has 0 spiro atoms. The first-order chi connectivity index (χ1) is 8.51. The van der Waals surface area contributed by atoms with Crippen LogP contribution in [0.25, 0.3) is 0 Å². The highest BCUT2D eigenvalue weighted by molar-refractivity contribution is 14.1. The smallest absolute Gasteiger partial charge is 0.230 e. The van der Waals surface area contributed by atoms with Gasteiger partial charge in [-0.25, -0.2) is 0 Å². The molecule has 2 nitrogen and oxygen atoms in total. The van der Waals surface area contributed by atoms with Crippen LogP contribution in [0, 0.1) is 8.99 Å². The van der Waals surface area contributed by atoms with Gasteiger partial charge in [0.1, 0.15) is 0 Å². The highest BCUT2D eigenvalue weighted by Gasteiger charge is 2.34. The number of carbonyl (C=O) groups excluding carboxylic acids is 1. The minimum Gasteiger partial charge on any atom is -0.324 e. The Hall–Kier alpha value is -0.290. The maximum atomic E-state index is 12.4. The summed E-state index contributed by atoms with van der Waals surface area (Å²) in [5.74, 6) is 0.103. The van der Waals surface area contributed by atoms with Gasteiger partial charge in [-0.05, 0) is 53.6 Å². The summed E-state index contributed by atoms with van der Waals surface area (Å²) in [5.41, 5.74) is 0.489. The van der Waals surface area contributed by atoms with E-state index in [0.717, 1.165) is 34.9 Å². The van der Waals surface area contributed by atoms with E-state index in [1.807, 2.05) is 18.2 Å². The lowest BCUT2D eigenvalue weighted by Crippen LogP contribution is -2.35. The van der Waals surface area contributed by atoms with Crippen LogP contribution in [0.3, 0.4) is 0 Å². The third kappa shape index (κ3) is 3.18. The zero-order chi connectivity index (χ0) is 13.2. The third-order valence-electron chi connectivity index (χ3n) is 3.68.